The molecule has 0 aliphatic rings. The average Bonchev–Trinajstić information content (AvgIpc) is 2.00. The molecule has 0 radical (unpaired) electrons. The SMILES string of the molecule is C[N+](C)(C)CCOC(=O)C(O)CC(=O)O. The van der Waals surface area contributed by atoms with E-state index in [1.54, 1.807) is 0 Å². The van der Waals surface area contributed by atoms with Gasteiger partial charge in [-0.2, -0.15) is 0 Å². The van der Waals surface area contributed by atoms with Gasteiger partial charge in [0.25, 0.3) is 0 Å². The van der Waals surface area contributed by atoms with E-state index in [2.05, 4.69) is 0 Å². The summed E-state index contributed by atoms with van der Waals surface area (Å²) in [4.78, 5) is 21.2. The smallest absolute Gasteiger partial charge is 0.335 e. The van der Waals surface area contributed by atoms with Crippen molar-refractivity contribution in [2.75, 3.05) is 34.3 Å². The number of carboxylic acids is 1. The number of ether oxygens (including phenoxy) is 1. The number of carbonyl (C=O) groups excluding carboxylic acids is 1. The molecule has 0 aliphatic heterocycles. The number of carbonyl (C=O) groups is 2. The topological polar surface area (TPSA) is 83.8 Å². The van der Waals surface area contributed by atoms with Gasteiger partial charge in [0.15, 0.2) is 6.10 Å². The number of carboxylic acid groups (broad SMARTS) is 1. The van der Waals surface area contributed by atoms with E-state index in [9.17, 15) is 9.59 Å². The van der Waals surface area contributed by atoms with Crippen molar-refractivity contribution in [3.8, 4) is 0 Å². The van der Waals surface area contributed by atoms with Gasteiger partial charge in [-0.25, -0.2) is 4.79 Å². The number of aliphatic carboxylic acids is 1. The van der Waals surface area contributed by atoms with Gasteiger partial charge in [-0.1, -0.05) is 0 Å². The lowest BCUT2D eigenvalue weighted by molar-refractivity contribution is -0.870. The Balaban J connectivity index is 3.79. The van der Waals surface area contributed by atoms with Gasteiger partial charge in [0.1, 0.15) is 13.2 Å². The van der Waals surface area contributed by atoms with Crippen molar-refractivity contribution in [2.45, 2.75) is 12.5 Å². The Morgan fingerprint density at radius 2 is 1.87 bits per heavy atom. The zero-order valence-electron chi connectivity index (χ0n) is 9.27. The zero-order chi connectivity index (χ0) is 12.1. The van der Waals surface area contributed by atoms with Gasteiger partial charge in [0, 0.05) is 0 Å². The maximum absolute atomic E-state index is 11.0. The Kier molecular flexibility index (Phi) is 5.24. The third-order valence-corrected chi connectivity index (χ3v) is 1.65. The lowest BCUT2D eigenvalue weighted by atomic mass is 10.2. The van der Waals surface area contributed by atoms with Crippen molar-refractivity contribution in [3.05, 3.63) is 0 Å². The van der Waals surface area contributed by atoms with Gasteiger partial charge in [0.05, 0.1) is 27.6 Å². The molecule has 0 aliphatic carbocycles. The monoisotopic (exact) mass is 220 g/mol. The fourth-order valence-corrected chi connectivity index (χ4v) is 0.765. The molecule has 0 amide bonds. The quantitative estimate of drug-likeness (QED) is 0.446. The van der Waals surface area contributed by atoms with Crippen LogP contribution in [0.5, 0.6) is 0 Å². The first-order valence-corrected chi connectivity index (χ1v) is 4.59. The summed E-state index contributed by atoms with van der Waals surface area (Å²) in [5.41, 5.74) is 0. The molecule has 1 atom stereocenters. The highest BCUT2D eigenvalue weighted by molar-refractivity contribution is 5.80. The van der Waals surface area contributed by atoms with Gasteiger partial charge in [-0.15, -0.1) is 0 Å². The summed E-state index contributed by atoms with van der Waals surface area (Å²) >= 11 is 0. The summed E-state index contributed by atoms with van der Waals surface area (Å²) in [6.07, 6.45) is -2.20. The molecular formula is C9H18NO5+. The van der Waals surface area contributed by atoms with Crippen molar-refractivity contribution in [3.63, 3.8) is 0 Å². The molecule has 2 N–H and O–H groups in total. The van der Waals surface area contributed by atoms with Crippen molar-refractivity contribution in [1.29, 1.82) is 0 Å². The van der Waals surface area contributed by atoms with Crippen molar-refractivity contribution in [1.82, 2.24) is 0 Å². The molecule has 0 rings (SSSR count). The van der Waals surface area contributed by atoms with Crippen LogP contribution in [0, 0.1) is 0 Å². The molecule has 0 spiro atoms. The third-order valence-electron chi connectivity index (χ3n) is 1.65. The van der Waals surface area contributed by atoms with Crippen LogP contribution in [-0.2, 0) is 14.3 Å². The highest BCUT2D eigenvalue weighted by Crippen LogP contribution is 1.97. The van der Waals surface area contributed by atoms with Gasteiger partial charge in [0.2, 0.25) is 0 Å². The van der Waals surface area contributed by atoms with Crippen LogP contribution in [0.15, 0.2) is 0 Å². The van der Waals surface area contributed by atoms with Crippen LogP contribution in [0.4, 0.5) is 0 Å². The number of hydrogen-bond donors (Lipinski definition) is 2. The Labute approximate surface area is 88.7 Å². The van der Waals surface area contributed by atoms with Crippen LogP contribution < -0.4 is 0 Å². The lowest BCUT2D eigenvalue weighted by Crippen LogP contribution is -2.39. The van der Waals surface area contributed by atoms with Gasteiger partial charge in [-0.05, 0) is 0 Å². The zero-order valence-corrected chi connectivity index (χ0v) is 9.27. The first-order chi connectivity index (χ1) is 6.72. The van der Waals surface area contributed by atoms with Crippen LogP contribution in [0.25, 0.3) is 0 Å². The second-order valence-electron chi connectivity index (χ2n) is 4.30. The maximum atomic E-state index is 11.0. The number of rotatable bonds is 6. The predicted molar refractivity (Wildman–Crippen MR) is 52.1 cm³/mol. The van der Waals surface area contributed by atoms with E-state index in [0.717, 1.165) is 0 Å². The van der Waals surface area contributed by atoms with E-state index in [0.29, 0.717) is 11.0 Å². The number of quaternary nitrogens is 1. The summed E-state index contributed by atoms with van der Waals surface area (Å²) in [6, 6.07) is 0. The number of nitrogens with zero attached hydrogens (tertiary/aromatic N) is 1. The van der Waals surface area contributed by atoms with Gasteiger partial charge in [-0.3, -0.25) is 4.79 Å². The summed E-state index contributed by atoms with van der Waals surface area (Å²) in [5, 5.41) is 17.4. The third kappa shape index (κ3) is 7.90. The molecule has 0 saturated heterocycles. The molecular weight excluding hydrogens is 202 g/mol. The summed E-state index contributed by atoms with van der Waals surface area (Å²) in [7, 11) is 5.80. The van der Waals surface area contributed by atoms with Crippen LogP contribution in [0.3, 0.4) is 0 Å². The van der Waals surface area contributed by atoms with Crippen molar-refractivity contribution >= 4 is 11.9 Å². The second kappa shape index (κ2) is 5.67. The van der Waals surface area contributed by atoms with Crippen LogP contribution >= 0.6 is 0 Å². The number of esters is 1. The van der Waals surface area contributed by atoms with Crippen LogP contribution in [0.2, 0.25) is 0 Å². The van der Waals surface area contributed by atoms with Crippen LogP contribution in [-0.4, -0.2) is 67.0 Å². The van der Waals surface area contributed by atoms with E-state index in [1.807, 2.05) is 21.1 Å². The van der Waals surface area contributed by atoms with Gasteiger partial charge >= 0.3 is 11.9 Å². The number of hydrogen-bond acceptors (Lipinski definition) is 4. The molecule has 0 heterocycles. The normalized spacial score (nSPS) is 13.3. The highest BCUT2D eigenvalue weighted by Gasteiger charge is 2.20. The lowest BCUT2D eigenvalue weighted by Gasteiger charge is -2.23. The molecule has 0 aromatic heterocycles. The Hall–Kier alpha value is -1.14. The van der Waals surface area contributed by atoms with E-state index in [4.69, 9.17) is 14.9 Å². The summed E-state index contributed by atoms with van der Waals surface area (Å²) in [6.45, 7) is 0.768. The van der Waals surface area contributed by atoms with Crippen LogP contribution in [0.1, 0.15) is 6.42 Å². The molecule has 15 heavy (non-hydrogen) atoms. The molecule has 0 saturated carbocycles. The number of aliphatic hydroxyl groups excluding tert-OH is 1. The fourth-order valence-electron chi connectivity index (χ4n) is 0.765. The second-order valence-corrected chi connectivity index (χ2v) is 4.30. The van der Waals surface area contributed by atoms with E-state index in [-0.39, 0.29) is 6.61 Å². The molecule has 0 bridgehead atoms. The Bertz CT molecular complexity index is 233. The Morgan fingerprint density at radius 1 is 1.33 bits per heavy atom. The fraction of sp³-hybridized carbons (Fsp3) is 0.778. The molecule has 1 unspecified atom stereocenters. The average molecular weight is 220 g/mol. The largest absolute Gasteiger partial charge is 0.481 e. The molecule has 6 heteroatoms. The molecule has 0 aromatic carbocycles. The Morgan fingerprint density at radius 3 is 2.27 bits per heavy atom. The van der Waals surface area contributed by atoms with Crippen molar-refractivity contribution < 1.29 is 29.0 Å². The van der Waals surface area contributed by atoms with Gasteiger partial charge < -0.3 is 19.4 Å². The molecule has 88 valence electrons. The molecule has 6 nitrogen and oxygen atoms in total. The van der Waals surface area contributed by atoms with E-state index < -0.39 is 24.5 Å². The number of aliphatic hydroxyl groups is 1. The van der Waals surface area contributed by atoms with E-state index >= 15 is 0 Å². The predicted octanol–water partition coefficient (Wildman–Crippen LogP) is -0.929. The minimum absolute atomic E-state index is 0.166. The highest BCUT2D eigenvalue weighted by atomic mass is 16.5. The first kappa shape index (κ1) is 13.9. The van der Waals surface area contributed by atoms with E-state index in [1.165, 1.54) is 0 Å². The number of likely N-dealkylation sites (N-methyl/N-ethyl adjacent to an activating group) is 1. The molecule has 0 aromatic rings. The summed E-state index contributed by atoms with van der Waals surface area (Å²) in [5.74, 6) is -2.11. The first-order valence-electron chi connectivity index (χ1n) is 4.59. The van der Waals surface area contributed by atoms with Crippen molar-refractivity contribution in [2.24, 2.45) is 0 Å². The standard InChI is InChI=1S/C9H17NO5/c1-10(2,3)4-5-15-9(14)7(11)6-8(12)13/h7,11H,4-6H2,1-3H3/p+1. The minimum Gasteiger partial charge on any atom is -0.481 e. The maximum Gasteiger partial charge on any atom is 0.335 e. The summed E-state index contributed by atoms with van der Waals surface area (Å²) < 4.78 is 5.34. The molecule has 0 fully saturated rings. The minimum atomic E-state index is -1.57.